The molecule has 0 saturated carbocycles. The van der Waals surface area contributed by atoms with E-state index < -0.39 is 29.4 Å². The van der Waals surface area contributed by atoms with Crippen molar-refractivity contribution < 1.29 is 18.8 Å². The maximum Gasteiger partial charge on any atom is 0.294 e. The van der Waals surface area contributed by atoms with Crippen molar-refractivity contribution >= 4 is 56.5 Å². The lowest BCUT2D eigenvalue weighted by atomic mass is 10.2. The highest BCUT2D eigenvalue weighted by Gasteiger charge is 2.36. The van der Waals surface area contributed by atoms with Gasteiger partial charge in [-0.3, -0.25) is 19.3 Å². The lowest BCUT2D eigenvalue weighted by Gasteiger charge is -2.12. The summed E-state index contributed by atoms with van der Waals surface area (Å²) in [4.78, 5) is 37.7. The van der Waals surface area contributed by atoms with Gasteiger partial charge in [-0.15, -0.1) is 0 Å². The molecule has 1 heterocycles. The molecule has 2 aromatic rings. The lowest BCUT2D eigenvalue weighted by molar-refractivity contribution is -0.127. The highest BCUT2D eigenvalue weighted by molar-refractivity contribution is 9.10. The Kier molecular flexibility index (Phi) is 5.53. The smallest absolute Gasteiger partial charge is 0.294 e. The van der Waals surface area contributed by atoms with Crippen LogP contribution >= 0.6 is 27.7 Å². The predicted octanol–water partition coefficient (Wildman–Crippen LogP) is 4.26. The van der Waals surface area contributed by atoms with E-state index in [1.807, 2.05) is 18.2 Å². The van der Waals surface area contributed by atoms with Crippen LogP contribution in [0.2, 0.25) is 0 Å². The van der Waals surface area contributed by atoms with Crippen molar-refractivity contribution in [2.45, 2.75) is 0 Å². The zero-order chi connectivity index (χ0) is 18.7. The standard InChI is InChI=1S/C18H12BrFN2O3S/c19-14-7-2-1-4-11(14)8-15-17(24)22(18(25)26-15)10-16(23)21-13-6-3-5-12(20)9-13/h1-9H,10H2,(H,21,23)/b15-8+. The fraction of sp³-hybridized carbons (Fsp3) is 0.0556. The minimum Gasteiger partial charge on any atom is -0.324 e. The Hall–Kier alpha value is -2.45. The van der Waals surface area contributed by atoms with E-state index >= 15 is 0 Å². The van der Waals surface area contributed by atoms with Crippen LogP contribution < -0.4 is 5.32 Å². The Morgan fingerprint density at radius 2 is 1.96 bits per heavy atom. The molecular formula is C18H12BrFN2O3S. The number of thioether (sulfide) groups is 1. The quantitative estimate of drug-likeness (QED) is 0.729. The van der Waals surface area contributed by atoms with Crippen LogP contribution in [-0.4, -0.2) is 28.5 Å². The number of rotatable bonds is 4. The van der Waals surface area contributed by atoms with Crippen LogP contribution in [0.4, 0.5) is 14.9 Å². The monoisotopic (exact) mass is 434 g/mol. The van der Waals surface area contributed by atoms with Gasteiger partial charge in [0.05, 0.1) is 4.91 Å². The molecule has 1 N–H and O–H groups in total. The molecule has 26 heavy (non-hydrogen) atoms. The fourth-order valence-electron chi connectivity index (χ4n) is 2.28. The summed E-state index contributed by atoms with van der Waals surface area (Å²) < 4.78 is 13.9. The molecule has 1 saturated heterocycles. The van der Waals surface area contributed by atoms with E-state index in [0.717, 1.165) is 32.8 Å². The Labute approximate surface area is 161 Å². The third kappa shape index (κ3) is 4.20. The van der Waals surface area contributed by atoms with Crippen LogP contribution in [0.3, 0.4) is 0 Å². The maximum atomic E-state index is 13.2. The largest absolute Gasteiger partial charge is 0.324 e. The van der Waals surface area contributed by atoms with Crippen LogP contribution in [-0.2, 0) is 9.59 Å². The molecule has 1 aliphatic rings. The van der Waals surface area contributed by atoms with Crippen molar-refractivity contribution in [3.63, 3.8) is 0 Å². The number of hydrogen-bond acceptors (Lipinski definition) is 4. The van der Waals surface area contributed by atoms with Gasteiger partial charge in [0.15, 0.2) is 0 Å². The van der Waals surface area contributed by atoms with E-state index in [1.165, 1.54) is 18.2 Å². The number of anilines is 1. The van der Waals surface area contributed by atoms with E-state index in [2.05, 4.69) is 21.2 Å². The van der Waals surface area contributed by atoms with Gasteiger partial charge in [0.25, 0.3) is 11.1 Å². The molecule has 0 unspecified atom stereocenters. The fourth-order valence-corrected chi connectivity index (χ4v) is 3.51. The first-order valence-electron chi connectivity index (χ1n) is 7.49. The first kappa shape index (κ1) is 18.3. The van der Waals surface area contributed by atoms with Crippen LogP contribution in [0, 0.1) is 5.82 Å². The number of carbonyl (C=O) groups excluding carboxylic acids is 3. The zero-order valence-electron chi connectivity index (χ0n) is 13.2. The molecule has 0 atom stereocenters. The van der Waals surface area contributed by atoms with Gasteiger partial charge in [-0.25, -0.2) is 4.39 Å². The number of halogens is 2. The molecule has 0 spiro atoms. The number of amides is 3. The van der Waals surface area contributed by atoms with Crippen molar-refractivity contribution in [1.29, 1.82) is 0 Å². The Morgan fingerprint density at radius 3 is 2.69 bits per heavy atom. The molecule has 3 amide bonds. The zero-order valence-corrected chi connectivity index (χ0v) is 15.6. The summed E-state index contributed by atoms with van der Waals surface area (Å²) in [6.45, 7) is -0.436. The van der Waals surface area contributed by atoms with Gasteiger partial charge in [-0.1, -0.05) is 40.2 Å². The van der Waals surface area contributed by atoms with Crippen LogP contribution in [0.1, 0.15) is 5.56 Å². The Morgan fingerprint density at radius 1 is 1.19 bits per heavy atom. The van der Waals surface area contributed by atoms with Gasteiger partial charge in [0.2, 0.25) is 5.91 Å². The van der Waals surface area contributed by atoms with Crippen LogP contribution in [0.5, 0.6) is 0 Å². The predicted molar refractivity (Wildman–Crippen MR) is 102 cm³/mol. The molecule has 0 bridgehead atoms. The topological polar surface area (TPSA) is 66.5 Å². The summed E-state index contributed by atoms with van der Waals surface area (Å²) >= 11 is 4.15. The minimum atomic E-state index is -0.583. The molecule has 132 valence electrons. The molecule has 0 radical (unpaired) electrons. The number of nitrogens with zero attached hydrogens (tertiary/aromatic N) is 1. The summed E-state index contributed by atoms with van der Waals surface area (Å²) in [6.07, 6.45) is 1.60. The first-order valence-corrected chi connectivity index (χ1v) is 9.10. The summed E-state index contributed by atoms with van der Waals surface area (Å²) in [5.41, 5.74) is 1.01. The third-order valence-electron chi connectivity index (χ3n) is 3.48. The number of hydrogen-bond donors (Lipinski definition) is 1. The SMILES string of the molecule is O=C(CN1C(=O)S/C(=C/c2ccccc2Br)C1=O)Nc1cccc(F)c1. The van der Waals surface area contributed by atoms with E-state index in [9.17, 15) is 18.8 Å². The molecular weight excluding hydrogens is 423 g/mol. The minimum absolute atomic E-state index is 0.237. The second kappa shape index (κ2) is 7.84. The van der Waals surface area contributed by atoms with Crippen molar-refractivity contribution in [2.75, 3.05) is 11.9 Å². The van der Waals surface area contributed by atoms with Gasteiger partial charge >= 0.3 is 0 Å². The molecule has 5 nitrogen and oxygen atoms in total. The molecule has 8 heteroatoms. The highest BCUT2D eigenvalue weighted by atomic mass is 79.9. The van der Waals surface area contributed by atoms with Crippen molar-refractivity contribution in [3.05, 3.63) is 69.3 Å². The molecule has 0 aliphatic carbocycles. The molecule has 1 aliphatic heterocycles. The van der Waals surface area contributed by atoms with Crippen molar-refractivity contribution in [2.24, 2.45) is 0 Å². The summed E-state index contributed by atoms with van der Waals surface area (Å²) in [5, 5.41) is 1.94. The van der Waals surface area contributed by atoms with Crippen molar-refractivity contribution in [3.8, 4) is 0 Å². The van der Waals surface area contributed by atoms with E-state index in [1.54, 1.807) is 12.1 Å². The van der Waals surface area contributed by atoms with Gasteiger partial charge in [0.1, 0.15) is 12.4 Å². The number of nitrogens with one attached hydrogen (secondary N) is 1. The summed E-state index contributed by atoms with van der Waals surface area (Å²) in [6, 6.07) is 12.6. The number of benzene rings is 2. The molecule has 0 aromatic heterocycles. The van der Waals surface area contributed by atoms with Crippen LogP contribution in [0.15, 0.2) is 57.9 Å². The van der Waals surface area contributed by atoms with Gasteiger partial charge in [0, 0.05) is 10.2 Å². The normalized spacial score (nSPS) is 15.6. The average molecular weight is 435 g/mol. The van der Waals surface area contributed by atoms with Gasteiger partial charge in [-0.2, -0.15) is 0 Å². The van der Waals surface area contributed by atoms with Gasteiger partial charge in [-0.05, 0) is 47.7 Å². The van der Waals surface area contributed by atoms with E-state index in [-0.39, 0.29) is 10.6 Å². The summed E-state index contributed by atoms with van der Waals surface area (Å²) in [7, 11) is 0. The number of carbonyl (C=O) groups is 3. The summed E-state index contributed by atoms with van der Waals surface area (Å²) in [5.74, 6) is -1.62. The molecule has 3 rings (SSSR count). The molecule has 1 fully saturated rings. The average Bonchev–Trinajstić information content (AvgIpc) is 2.84. The van der Waals surface area contributed by atoms with Gasteiger partial charge < -0.3 is 5.32 Å². The first-order chi connectivity index (χ1) is 12.4. The maximum absolute atomic E-state index is 13.2. The second-order valence-corrected chi connectivity index (χ2v) is 7.20. The van der Waals surface area contributed by atoms with Crippen LogP contribution in [0.25, 0.3) is 6.08 Å². The van der Waals surface area contributed by atoms with E-state index in [0.29, 0.717) is 0 Å². The Bertz CT molecular complexity index is 932. The Balaban J connectivity index is 1.71. The second-order valence-electron chi connectivity index (χ2n) is 5.35. The van der Waals surface area contributed by atoms with Crippen molar-refractivity contribution in [1.82, 2.24) is 4.90 Å². The molecule has 2 aromatic carbocycles. The number of imide groups is 1. The third-order valence-corrected chi connectivity index (χ3v) is 5.11. The lowest BCUT2D eigenvalue weighted by Crippen LogP contribution is -2.36. The highest BCUT2D eigenvalue weighted by Crippen LogP contribution is 2.33. The van der Waals surface area contributed by atoms with E-state index in [4.69, 9.17) is 0 Å².